The fourth-order valence-electron chi connectivity index (χ4n) is 3.41. The Kier molecular flexibility index (Phi) is 8.36. The topological polar surface area (TPSA) is 169 Å². The van der Waals surface area contributed by atoms with E-state index in [0.717, 1.165) is 11.8 Å². The highest BCUT2D eigenvalue weighted by molar-refractivity contribution is 8.13. The van der Waals surface area contributed by atoms with Crippen LogP contribution in [0.4, 0.5) is 0 Å². The van der Waals surface area contributed by atoms with E-state index in [9.17, 15) is 24.4 Å². The van der Waals surface area contributed by atoms with Crippen molar-refractivity contribution in [3.8, 4) is 0 Å². The Morgan fingerprint density at radius 1 is 1.41 bits per heavy atom. The Morgan fingerprint density at radius 3 is 2.74 bits per heavy atom. The summed E-state index contributed by atoms with van der Waals surface area (Å²) >= 11 is 1.03. The Labute approximate surface area is 200 Å². The molecule has 15 heteroatoms. The number of aliphatic hydroxyl groups excluding tert-OH is 2. The van der Waals surface area contributed by atoms with Crippen LogP contribution in [-0.2, 0) is 29.6 Å². The summed E-state index contributed by atoms with van der Waals surface area (Å²) in [5.74, 6) is 0.734. The fraction of sp³-hybridized carbons (Fsp3) is 0.684. The molecule has 1 fully saturated rings. The number of aromatic nitrogens is 4. The van der Waals surface area contributed by atoms with Gasteiger partial charge >= 0.3 is 7.75 Å². The first kappa shape index (κ1) is 27.0. The molecule has 0 aliphatic carbocycles. The number of ether oxygens (including phenoxy) is 1. The Balaban J connectivity index is 1.78. The number of aryl methyl sites for hydroxylation is 1. The normalized spacial score (nSPS) is 26.9. The zero-order chi connectivity index (χ0) is 25.3. The van der Waals surface area contributed by atoms with Crippen molar-refractivity contribution >= 4 is 35.8 Å². The van der Waals surface area contributed by atoms with Crippen molar-refractivity contribution in [1.29, 1.82) is 0 Å². The van der Waals surface area contributed by atoms with E-state index in [1.165, 1.54) is 43.5 Å². The number of carbonyl (C=O) groups is 1. The number of rotatable bonds is 10. The first-order valence-electron chi connectivity index (χ1n) is 10.6. The number of nitrogens with zero attached hydrogens (tertiary/aromatic N) is 4. The molecule has 2 aromatic rings. The molecule has 3 N–H and O–H groups in total. The van der Waals surface area contributed by atoms with Crippen LogP contribution in [0.25, 0.3) is 11.2 Å². The molecule has 0 aromatic carbocycles. The van der Waals surface area contributed by atoms with Gasteiger partial charge < -0.3 is 19.9 Å². The molecule has 190 valence electrons. The van der Waals surface area contributed by atoms with E-state index in [4.69, 9.17) is 13.8 Å². The molecular formula is C19H30N5O8PS. The molecule has 0 radical (unpaired) electrons. The second-order valence-corrected chi connectivity index (χ2v) is 11.7. The van der Waals surface area contributed by atoms with Crippen molar-refractivity contribution in [2.75, 3.05) is 33.1 Å². The molecule has 1 saturated heterocycles. The highest BCUT2D eigenvalue weighted by Gasteiger charge is 2.53. The fourth-order valence-corrected chi connectivity index (χ4v) is 5.27. The standard InChI is InChI=1S/C19H30N5O8PS/c1-6-12-21-16-13(17(28)22-12)20-10-24(16)18-14(26)15(27)19(3,32-18)9-31-33(29,23(4)5)30-7-8-34-11(2)25/h10,14-15,18,26-27H,6-9H2,1-5H3,(H,21,22,28)/t14?,15-,18+,19-,33?/m1/s1. The number of hydrogen-bond donors (Lipinski definition) is 3. The Bertz CT molecular complexity index is 1140. The van der Waals surface area contributed by atoms with Gasteiger partial charge in [-0.15, -0.1) is 0 Å². The molecule has 0 amide bonds. The van der Waals surface area contributed by atoms with E-state index in [0.29, 0.717) is 18.0 Å². The first-order valence-corrected chi connectivity index (χ1v) is 13.1. The first-order chi connectivity index (χ1) is 15.9. The van der Waals surface area contributed by atoms with Gasteiger partial charge in [0.2, 0.25) is 0 Å². The molecule has 0 saturated carbocycles. The van der Waals surface area contributed by atoms with E-state index in [-0.39, 0.29) is 29.5 Å². The van der Waals surface area contributed by atoms with Gasteiger partial charge in [0.1, 0.15) is 23.6 Å². The second-order valence-electron chi connectivity index (χ2n) is 8.21. The number of thioether (sulfide) groups is 1. The molecule has 0 spiro atoms. The number of nitrogens with one attached hydrogen (secondary N) is 1. The summed E-state index contributed by atoms with van der Waals surface area (Å²) in [7, 11) is -0.748. The molecule has 34 heavy (non-hydrogen) atoms. The average molecular weight is 520 g/mol. The molecule has 5 atom stereocenters. The van der Waals surface area contributed by atoms with Gasteiger partial charge in [-0.3, -0.25) is 23.2 Å². The number of hydrogen-bond acceptors (Lipinski definition) is 11. The third-order valence-electron chi connectivity index (χ3n) is 5.37. The van der Waals surface area contributed by atoms with Crippen molar-refractivity contribution in [2.24, 2.45) is 0 Å². The highest BCUT2D eigenvalue weighted by atomic mass is 32.2. The lowest BCUT2D eigenvalue weighted by Crippen LogP contribution is -2.44. The summed E-state index contributed by atoms with van der Waals surface area (Å²) in [4.78, 5) is 34.4. The van der Waals surface area contributed by atoms with E-state index >= 15 is 0 Å². The maximum absolute atomic E-state index is 13.2. The summed E-state index contributed by atoms with van der Waals surface area (Å²) in [6, 6.07) is 0. The third kappa shape index (κ3) is 5.44. The van der Waals surface area contributed by atoms with Crippen molar-refractivity contribution in [3.63, 3.8) is 0 Å². The van der Waals surface area contributed by atoms with Crippen molar-refractivity contribution in [3.05, 3.63) is 22.5 Å². The smallest absolute Gasteiger partial charge is 0.387 e. The number of H-pyrrole nitrogens is 1. The Morgan fingerprint density at radius 2 is 2.12 bits per heavy atom. The van der Waals surface area contributed by atoms with Crippen LogP contribution in [0.1, 0.15) is 32.8 Å². The van der Waals surface area contributed by atoms with Crippen LogP contribution in [-0.4, -0.2) is 90.4 Å². The van der Waals surface area contributed by atoms with Crippen LogP contribution in [0, 0.1) is 0 Å². The zero-order valence-corrected chi connectivity index (χ0v) is 21.3. The minimum Gasteiger partial charge on any atom is -0.387 e. The summed E-state index contributed by atoms with van der Waals surface area (Å²) in [6.07, 6.45) is -2.18. The van der Waals surface area contributed by atoms with Crippen molar-refractivity contribution in [2.45, 2.75) is 51.2 Å². The van der Waals surface area contributed by atoms with Crippen LogP contribution in [0.5, 0.6) is 0 Å². The summed E-state index contributed by atoms with van der Waals surface area (Å²) in [5.41, 5.74) is -1.63. The van der Waals surface area contributed by atoms with Gasteiger partial charge in [0, 0.05) is 19.1 Å². The van der Waals surface area contributed by atoms with Gasteiger partial charge in [-0.25, -0.2) is 19.2 Å². The van der Waals surface area contributed by atoms with E-state index in [2.05, 4.69) is 15.0 Å². The molecule has 3 rings (SSSR count). The molecule has 0 bridgehead atoms. The maximum atomic E-state index is 13.2. The number of aromatic amines is 1. The molecule has 13 nitrogen and oxygen atoms in total. The zero-order valence-electron chi connectivity index (χ0n) is 19.6. The average Bonchev–Trinajstić information content (AvgIpc) is 3.30. The molecule has 1 aliphatic heterocycles. The van der Waals surface area contributed by atoms with Gasteiger partial charge in [0.05, 0.1) is 19.5 Å². The molecule has 2 unspecified atom stereocenters. The molecule has 3 heterocycles. The number of imidazole rings is 1. The molecule has 2 aromatic heterocycles. The van der Waals surface area contributed by atoms with E-state index in [1.54, 1.807) is 0 Å². The quantitative estimate of drug-likeness (QED) is 0.297. The lowest BCUT2D eigenvalue weighted by molar-refractivity contribution is -0.113. The van der Waals surface area contributed by atoms with Crippen LogP contribution >= 0.6 is 19.5 Å². The SMILES string of the molecule is CCc1nc2c(ncn2[C@H]2O[C@](C)(COP(=O)(OCCSC(C)=O)N(C)C)[C@H](O)C2O)c(=O)[nH]1. The Hall–Kier alpha value is -1.64. The molecule has 1 aliphatic rings. The minimum absolute atomic E-state index is 0.00603. The van der Waals surface area contributed by atoms with Crippen LogP contribution in [0.3, 0.4) is 0 Å². The van der Waals surface area contributed by atoms with Crippen molar-refractivity contribution < 1.29 is 33.4 Å². The van der Waals surface area contributed by atoms with Crippen LogP contribution < -0.4 is 5.56 Å². The van der Waals surface area contributed by atoms with E-state index in [1.807, 2.05) is 6.92 Å². The van der Waals surface area contributed by atoms with Crippen LogP contribution in [0.2, 0.25) is 0 Å². The number of aliphatic hydroxyl groups is 2. The van der Waals surface area contributed by atoms with Crippen LogP contribution in [0.15, 0.2) is 11.1 Å². The second kappa shape index (κ2) is 10.5. The monoisotopic (exact) mass is 519 g/mol. The van der Waals surface area contributed by atoms with Gasteiger partial charge in [-0.05, 0) is 21.0 Å². The van der Waals surface area contributed by atoms with Crippen molar-refractivity contribution in [1.82, 2.24) is 24.2 Å². The molecular weight excluding hydrogens is 489 g/mol. The minimum atomic E-state index is -3.77. The summed E-state index contributed by atoms with van der Waals surface area (Å²) in [5, 5.41) is 21.4. The number of carbonyl (C=O) groups excluding carboxylic acids is 1. The maximum Gasteiger partial charge on any atom is 0.407 e. The van der Waals surface area contributed by atoms with Gasteiger partial charge in [0.15, 0.2) is 22.5 Å². The predicted octanol–water partition coefficient (Wildman–Crippen LogP) is 0.674. The van der Waals surface area contributed by atoms with Gasteiger partial charge in [-0.1, -0.05) is 18.7 Å². The summed E-state index contributed by atoms with van der Waals surface area (Å²) < 4.78 is 32.8. The lowest BCUT2D eigenvalue weighted by Gasteiger charge is -2.31. The van der Waals surface area contributed by atoms with Gasteiger partial charge in [-0.2, -0.15) is 0 Å². The third-order valence-corrected chi connectivity index (χ3v) is 8.09. The predicted molar refractivity (Wildman–Crippen MR) is 124 cm³/mol. The highest BCUT2D eigenvalue weighted by Crippen LogP contribution is 2.52. The summed E-state index contributed by atoms with van der Waals surface area (Å²) in [6.45, 7) is 4.38. The lowest BCUT2D eigenvalue weighted by atomic mass is 9.99. The van der Waals surface area contributed by atoms with Gasteiger partial charge in [0.25, 0.3) is 5.56 Å². The van der Waals surface area contributed by atoms with E-state index < -0.39 is 37.3 Å². The largest absolute Gasteiger partial charge is 0.407 e. The number of fused-ring (bicyclic) bond motifs is 1.